The van der Waals surface area contributed by atoms with Crippen LogP contribution in [0.15, 0.2) is 58.5 Å². The van der Waals surface area contributed by atoms with Crippen LogP contribution in [0.2, 0.25) is 0 Å². The lowest BCUT2D eigenvalue weighted by Crippen LogP contribution is -2.34. The van der Waals surface area contributed by atoms with Gasteiger partial charge in [0.05, 0.1) is 5.75 Å². The quantitative estimate of drug-likeness (QED) is 0.339. The number of nitrogens with zero attached hydrogens (tertiary/aromatic N) is 3. The van der Waals surface area contributed by atoms with Crippen molar-refractivity contribution < 1.29 is 9.59 Å². The summed E-state index contributed by atoms with van der Waals surface area (Å²) in [5, 5.41) is 10.8. The lowest BCUT2D eigenvalue weighted by atomic mass is 10.1. The average Bonchev–Trinajstić information content (AvgIpc) is 2.72. The van der Waals surface area contributed by atoms with Gasteiger partial charge in [0.25, 0.3) is 5.56 Å². The number of thioether (sulfide) groups is 1. The largest absolute Gasteiger partial charge is 0.334 e. The van der Waals surface area contributed by atoms with Crippen molar-refractivity contribution in [1.82, 2.24) is 14.9 Å². The highest BCUT2D eigenvalue weighted by Gasteiger charge is 2.13. The second kappa shape index (κ2) is 9.36. The summed E-state index contributed by atoms with van der Waals surface area (Å²) in [5.74, 6) is 5.43. The van der Waals surface area contributed by atoms with Crippen LogP contribution in [0.1, 0.15) is 34.1 Å². The Morgan fingerprint density at radius 2 is 1.87 bits per heavy atom. The third-order valence-corrected chi connectivity index (χ3v) is 5.25. The molecule has 0 radical (unpaired) electrons. The number of amides is 1. The molecule has 0 atom stereocenters. The van der Waals surface area contributed by atoms with Crippen LogP contribution in [-0.2, 0) is 11.2 Å². The molecule has 1 heterocycles. The molecule has 0 bridgehead atoms. The molecule has 1 amide bonds. The number of benzene rings is 2. The molecule has 0 aliphatic heterocycles. The zero-order chi connectivity index (χ0) is 21.7. The van der Waals surface area contributed by atoms with E-state index in [-0.39, 0.29) is 28.3 Å². The van der Waals surface area contributed by atoms with Crippen molar-refractivity contribution in [1.29, 1.82) is 0 Å². The molecule has 0 spiro atoms. The van der Waals surface area contributed by atoms with Crippen molar-refractivity contribution in [2.45, 2.75) is 25.4 Å². The zero-order valence-electron chi connectivity index (χ0n) is 16.6. The molecule has 3 aromatic rings. The smallest absolute Gasteiger partial charge is 0.294 e. The Kier molecular flexibility index (Phi) is 6.63. The molecular formula is C21H21N5O3S. The number of nitrogen functional groups attached to an aromatic ring is 1. The van der Waals surface area contributed by atoms with Crippen LogP contribution < -0.4 is 16.7 Å². The molecule has 0 aliphatic rings. The topological polar surface area (TPSA) is 120 Å². The van der Waals surface area contributed by atoms with Crippen molar-refractivity contribution >= 4 is 29.1 Å². The number of rotatable bonds is 7. The van der Waals surface area contributed by atoms with E-state index >= 15 is 0 Å². The van der Waals surface area contributed by atoms with E-state index in [1.807, 2.05) is 31.2 Å². The fourth-order valence-electron chi connectivity index (χ4n) is 2.67. The number of hydrogen-bond acceptors (Lipinski definition) is 7. The van der Waals surface area contributed by atoms with E-state index in [1.54, 1.807) is 24.3 Å². The van der Waals surface area contributed by atoms with E-state index in [9.17, 15) is 14.4 Å². The number of hydrogen-bond donors (Lipinski definition) is 2. The highest BCUT2D eigenvalue weighted by Crippen LogP contribution is 2.15. The standard InChI is InChI=1S/C21H21N5O3S/c1-13-6-8-15(9-7-13)10-18-20(29)26(22)21(25-24-18)30-12-19(28)23-17-5-3-4-16(11-17)14(2)27/h3-9,11H,10,12,22H2,1-2H3,(H,23,28). The number of carbonyl (C=O) groups excluding carboxylic acids is 2. The van der Waals surface area contributed by atoms with Gasteiger partial charge in [-0.15, -0.1) is 10.2 Å². The maximum absolute atomic E-state index is 12.5. The van der Waals surface area contributed by atoms with Gasteiger partial charge < -0.3 is 11.2 Å². The normalized spacial score (nSPS) is 10.6. The predicted molar refractivity (Wildman–Crippen MR) is 116 cm³/mol. The third kappa shape index (κ3) is 5.32. The molecule has 154 valence electrons. The SMILES string of the molecule is CC(=O)c1cccc(NC(=O)CSc2nnc(Cc3ccc(C)cc3)c(=O)n2N)c1. The van der Waals surface area contributed by atoms with Crippen molar-refractivity contribution in [3.63, 3.8) is 0 Å². The minimum Gasteiger partial charge on any atom is -0.334 e. The van der Waals surface area contributed by atoms with Crippen LogP contribution >= 0.6 is 11.8 Å². The van der Waals surface area contributed by atoms with E-state index < -0.39 is 5.56 Å². The summed E-state index contributed by atoms with van der Waals surface area (Å²) in [4.78, 5) is 36.1. The number of ketones is 1. The fraction of sp³-hybridized carbons (Fsp3) is 0.190. The first-order valence-corrected chi connectivity index (χ1v) is 10.1. The molecule has 0 aliphatic carbocycles. The van der Waals surface area contributed by atoms with Crippen molar-refractivity contribution in [3.05, 3.63) is 81.3 Å². The van der Waals surface area contributed by atoms with E-state index in [0.717, 1.165) is 27.6 Å². The highest BCUT2D eigenvalue weighted by molar-refractivity contribution is 7.99. The van der Waals surface area contributed by atoms with E-state index in [1.165, 1.54) is 6.92 Å². The Morgan fingerprint density at radius 3 is 2.57 bits per heavy atom. The number of anilines is 1. The van der Waals surface area contributed by atoms with Gasteiger partial charge in [0, 0.05) is 17.7 Å². The van der Waals surface area contributed by atoms with Gasteiger partial charge in [0.1, 0.15) is 5.69 Å². The van der Waals surface area contributed by atoms with Crippen LogP contribution in [0.25, 0.3) is 0 Å². The van der Waals surface area contributed by atoms with Crippen LogP contribution in [0.3, 0.4) is 0 Å². The number of aryl methyl sites for hydroxylation is 1. The van der Waals surface area contributed by atoms with Crippen LogP contribution in [0.5, 0.6) is 0 Å². The Hall–Kier alpha value is -3.46. The average molecular weight is 423 g/mol. The highest BCUT2D eigenvalue weighted by atomic mass is 32.2. The molecule has 0 fully saturated rings. The van der Waals surface area contributed by atoms with Gasteiger partial charge >= 0.3 is 0 Å². The van der Waals surface area contributed by atoms with Gasteiger partial charge in [0.2, 0.25) is 11.1 Å². The van der Waals surface area contributed by atoms with Gasteiger partial charge in [-0.1, -0.05) is 53.7 Å². The zero-order valence-corrected chi connectivity index (χ0v) is 17.4. The summed E-state index contributed by atoms with van der Waals surface area (Å²) in [7, 11) is 0. The number of nitrogens with two attached hydrogens (primary N) is 1. The summed E-state index contributed by atoms with van der Waals surface area (Å²) < 4.78 is 0.908. The minimum atomic E-state index is -0.456. The Labute approximate surface area is 177 Å². The molecule has 8 nitrogen and oxygen atoms in total. The second-order valence-electron chi connectivity index (χ2n) is 6.74. The first-order valence-electron chi connectivity index (χ1n) is 9.16. The Bertz CT molecular complexity index is 1140. The predicted octanol–water partition coefficient (Wildman–Crippen LogP) is 2.18. The molecular weight excluding hydrogens is 402 g/mol. The molecule has 0 saturated carbocycles. The molecule has 1 aromatic heterocycles. The molecule has 30 heavy (non-hydrogen) atoms. The Morgan fingerprint density at radius 1 is 1.13 bits per heavy atom. The lowest BCUT2D eigenvalue weighted by molar-refractivity contribution is -0.113. The molecule has 3 N–H and O–H groups in total. The minimum absolute atomic E-state index is 0.0209. The molecule has 9 heteroatoms. The van der Waals surface area contributed by atoms with E-state index in [0.29, 0.717) is 17.7 Å². The van der Waals surface area contributed by atoms with Crippen LogP contribution in [0, 0.1) is 6.92 Å². The van der Waals surface area contributed by atoms with Crippen molar-refractivity contribution in [2.24, 2.45) is 0 Å². The molecule has 0 unspecified atom stereocenters. The number of nitrogens with one attached hydrogen (secondary N) is 1. The Balaban J connectivity index is 1.64. The second-order valence-corrected chi connectivity index (χ2v) is 7.68. The lowest BCUT2D eigenvalue weighted by Gasteiger charge is -2.09. The first-order chi connectivity index (χ1) is 14.3. The van der Waals surface area contributed by atoms with Gasteiger partial charge in [0.15, 0.2) is 5.78 Å². The number of carbonyl (C=O) groups is 2. The van der Waals surface area contributed by atoms with Gasteiger partial charge in [-0.25, -0.2) is 0 Å². The summed E-state index contributed by atoms with van der Waals surface area (Å²) in [6.07, 6.45) is 0.321. The fourth-order valence-corrected chi connectivity index (χ4v) is 3.32. The monoisotopic (exact) mass is 423 g/mol. The van der Waals surface area contributed by atoms with Crippen LogP contribution in [-0.4, -0.2) is 32.3 Å². The molecule has 3 rings (SSSR count). The van der Waals surface area contributed by atoms with Crippen molar-refractivity contribution in [2.75, 3.05) is 16.9 Å². The maximum atomic E-state index is 12.5. The van der Waals surface area contributed by atoms with Crippen LogP contribution in [0.4, 0.5) is 5.69 Å². The van der Waals surface area contributed by atoms with Crippen molar-refractivity contribution in [3.8, 4) is 0 Å². The molecule has 2 aromatic carbocycles. The number of aromatic nitrogens is 3. The molecule has 0 saturated heterocycles. The summed E-state index contributed by atoms with van der Waals surface area (Å²) >= 11 is 1.00. The van der Waals surface area contributed by atoms with E-state index in [2.05, 4.69) is 15.5 Å². The van der Waals surface area contributed by atoms with E-state index in [4.69, 9.17) is 5.84 Å². The summed E-state index contributed by atoms with van der Waals surface area (Å²) in [6, 6.07) is 14.4. The third-order valence-electron chi connectivity index (χ3n) is 4.31. The summed E-state index contributed by atoms with van der Waals surface area (Å²) in [6.45, 7) is 3.44. The first kappa shape index (κ1) is 21.3. The van der Waals surface area contributed by atoms with Gasteiger partial charge in [-0.2, -0.15) is 4.68 Å². The summed E-state index contributed by atoms with van der Waals surface area (Å²) in [5.41, 5.74) is 2.85. The number of Topliss-reactive ketones (excluding diaryl/α,β-unsaturated/α-hetero) is 1. The van der Waals surface area contributed by atoms with Gasteiger partial charge in [-0.3, -0.25) is 14.4 Å². The van der Waals surface area contributed by atoms with Gasteiger partial charge in [-0.05, 0) is 31.5 Å². The maximum Gasteiger partial charge on any atom is 0.294 e.